The number of aryl methyl sites for hydroxylation is 2. The van der Waals surface area contributed by atoms with Crippen LogP contribution in [0.3, 0.4) is 0 Å². The van der Waals surface area contributed by atoms with E-state index in [2.05, 4.69) is 35.1 Å². The van der Waals surface area contributed by atoms with Crippen LogP contribution in [-0.4, -0.2) is 25.5 Å². The van der Waals surface area contributed by atoms with E-state index in [1.807, 2.05) is 13.8 Å². The highest BCUT2D eigenvalue weighted by Crippen LogP contribution is 2.28. The molecule has 0 saturated heterocycles. The van der Waals surface area contributed by atoms with E-state index in [4.69, 9.17) is 9.47 Å². The van der Waals surface area contributed by atoms with Gasteiger partial charge in [0.05, 0.1) is 13.7 Å². The Morgan fingerprint density at radius 3 is 2.43 bits per heavy atom. The van der Waals surface area contributed by atoms with Crippen molar-refractivity contribution in [2.75, 3.05) is 13.7 Å². The summed E-state index contributed by atoms with van der Waals surface area (Å²) in [6.07, 6.45) is 2.74. The third kappa shape index (κ3) is 6.61. The van der Waals surface area contributed by atoms with Gasteiger partial charge >= 0.3 is 0 Å². The molecular weight excluding hydrogens is 356 g/mol. The molecule has 0 radical (unpaired) electrons. The summed E-state index contributed by atoms with van der Waals surface area (Å²) in [5.74, 6) is 0.425. The van der Waals surface area contributed by atoms with E-state index < -0.39 is 5.91 Å². The summed E-state index contributed by atoms with van der Waals surface area (Å²) in [6.45, 7) is 4.62. The van der Waals surface area contributed by atoms with Crippen LogP contribution >= 0.6 is 0 Å². The monoisotopic (exact) mass is 384 g/mol. The number of nitrogens with one attached hydrogen (secondary N) is 2. The van der Waals surface area contributed by atoms with Crippen molar-refractivity contribution in [3.05, 3.63) is 59.2 Å². The number of methoxy groups -OCH3 is 1. The summed E-state index contributed by atoms with van der Waals surface area (Å²) in [4.78, 5) is 24.2. The third-order valence-electron chi connectivity index (χ3n) is 4.19. The van der Waals surface area contributed by atoms with Crippen molar-refractivity contribution in [1.29, 1.82) is 0 Å². The van der Waals surface area contributed by atoms with Gasteiger partial charge in [0.25, 0.3) is 5.91 Å². The number of hydrazine groups is 1. The van der Waals surface area contributed by atoms with Crippen LogP contribution in [0.5, 0.6) is 11.5 Å². The SMILES string of the molecule is CCCOc1ccc(C(=O)NNC(=O)CCCc2ccc(C)cc2)cc1OC. The fourth-order valence-corrected chi connectivity index (χ4v) is 2.61. The molecule has 2 aromatic carbocycles. The van der Waals surface area contributed by atoms with Crippen molar-refractivity contribution in [2.24, 2.45) is 0 Å². The number of hydrogen-bond donors (Lipinski definition) is 2. The molecule has 0 unspecified atom stereocenters. The minimum absolute atomic E-state index is 0.227. The molecule has 0 fully saturated rings. The Bertz CT molecular complexity index is 788. The Kier molecular flexibility index (Phi) is 8.34. The minimum atomic E-state index is -0.410. The van der Waals surface area contributed by atoms with Crippen molar-refractivity contribution in [3.8, 4) is 11.5 Å². The second-order valence-corrected chi connectivity index (χ2v) is 6.56. The van der Waals surface area contributed by atoms with Crippen molar-refractivity contribution in [2.45, 2.75) is 39.5 Å². The standard InChI is InChI=1S/C22H28N2O4/c1-4-14-28-19-13-12-18(15-20(19)27-3)22(26)24-23-21(25)7-5-6-17-10-8-16(2)9-11-17/h8-13,15H,4-7,14H2,1-3H3,(H,23,25)(H,24,26). The predicted molar refractivity (Wildman–Crippen MR) is 109 cm³/mol. The quantitative estimate of drug-likeness (QED) is 0.648. The molecule has 6 nitrogen and oxygen atoms in total. The van der Waals surface area contributed by atoms with Crippen LogP contribution in [0.4, 0.5) is 0 Å². The highest BCUT2D eigenvalue weighted by atomic mass is 16.5. The summed E-state index contributed by atoms with van der Waals surface area (Å²) in [5, 5.41) is 0. The highest BCUT2D eigenvalue weighted by molar-refractivity contribution is 5.96. The minimum Gasteiger partial charge on any atom is -0.493 e. The number of hydrogen-bond acceptors (Lipinski definition) is 4. The third-order valence-corrected chi connectivity index (χ3v) is 4.19. The number of carbonyl (C=O) groups excluding carboxylic acids is 2. The maximum absolute atomic E-state index is 12.2. The van der Waals surface area contributed by atoms with Crippen molar-refractivity contribution >= 4 is 11.8 Å². The zero-order valence-electron chi connectivity index (χ0n) is 16.7. The molecule has 0 heterocycles. The molecule has 2 aromatic rings. The molecular formula is C22H28N2O4. The van der Waals surface area contributed by atoms with E-state index in [0.717, 1.165) is 12.8 Å². The van der Waals surface area contributed by atoms with Crippen LogP contribution in [-0.2, 0) is 11.2 Å². The van der Waals surface area contributed by atoms with Gasteiger partial charge in [-0.25, -0.2) is 0 Å². The Balaban J connectivity index is 1.79. The molecule has 0 aliphatic heterocycles. The van der Waals surface area contributed by atoms with Crippen LogP contribution in [0.1, 0.15) is 47.7 Å². The molecule has 28 heavy (non-hydrogen) atoms. The first-order chi connectivity index (χ1) is 13.5. The maximum Gasteiger partial charge on any atom is 0.269 e. The van der Waals surface area contributed by atoms with Crippen LogP contribution in [0.25, 0.3) is 0 Å². The summed E-state index contributed by atoms with van der Waals surface area (Å²) in [6, 6.07) is 13.2. The molecule has 2 rings (SSSR count). The molecule has 2 amide bonds. The molecule has 0 aliphatic carbocycles. The Hall–Kier alpha value is -3.02. The first-order valence-electron chi connectivity index (χ1n) is 9.49. The van der Waals surface area contributed by atoms with Gasteiger partial charge in [-0.3, -0.25) is 20.4 Å². The lowest BCUT2D eigenvalue weighted by atomic mass is 10.1. The predicted octanol–water partition coefficient (Wildman–Crippen LogP) is 3.58. The number of ether oxygens (including phenoxy) is 2. The molecule has 0 saturated carbocycles. The molecule has 0 bridgehead atoms. The van der Waals surface area contributed by atoms with E-state index in [9.17, 15) is 9.59 Å². The number of benzene rings is 2. The van der Waals surface area contributed by atoms with Gasteiger partial charge in [0.1, 0.15) is 0 Å². The number of amides is 2. The molecule has 0 atom stereocenters. The topological polar surface area (TPSA) is 76.7 Å². The molecule has 0 aromatic heterocycles. The van der Waals surface area contributed by atoms with Crippen LogP contribution < -0.4 is 20.3 Å². The first-order valence-corrected chi connectivity index (χ1v) is 9.49. The second kappa shape index (κ2) is 11.0. The zero-order valence-corrected chi connectivity index (χ0v) is 16.7. The van der Waals surface area contributed by atoms with Gasteiger partial charge in [-0.2, -0.15) is 0 Å². The summed E-state index contributed by atoms with van der Waals surface area (Å²) in [7, 11) is 1.52. The van der Waals surface area contributed by atoms with Crippen LogP contribution in [0.15, 0.2) is 42.5 Å². The fraction of sp³-hybridized carbons (Fsp3) is 0.364. The van der Waals surface area contributed by atoms with Crippen LogP contribution in [0.2, 0.25) is 0 Å². The van der Waals surface area contributed by atoms with Gasteiger partial charge in [-0.05, 0) is 49.9 Å². The van der Waals surface area contributed by atoms with Gasteiger partial charge in [-0.15, -0.1) is 0 Å². The first kappa shape index (κ1) is 21.3. The number of carbonyl (C=O) groups is 2. The van der Waals surface area contributed by atoms with Crippen molar-refractivity contribution in [3.63, 3.8) is 0 Å². The molecule has 0 aliphatic rings. The van der Waals surface area contributed by atoms with Gasteiger partial charge < -0.3 is 9.47 Å². The lowest BCUT2D eigenvalue weighted by Gasteiger charge is -2.12. The average molecular weight is 384 g/mol. The largest absolute Gasteiger partial charge is 0.493 e. The normalized spacial score (nSPS) is 10.2. The van der Waals surface area contributed by atoms with E-state index in [1.54, 1.807) is 18.2 Å². The molecule has 150 valence electrons. The van der Waals surface area contributed by atoms with Crippen LogP contribution in [0, 0.1) is 6.92 Å². The summed E-state index contributed by atoms with van der Waals surface area (Å²) >= 11 is 0. The van der Waals surface area contributed by atoms with E-state index >= 15 is 0 Å². The lowest BCUT2D eigenvalue weighted by molar-refractivity contribution is -0.121. The molecule has 0 spiro atoms. The molecule has 6 heteroatoms. The Morgan fingerprint density at radius 2 is 1.75 bits per heavy atom. The lowest BCUT2D eigenvalue weighted by Crippen LogP contribution is -2.41. The average Bonchev–Trinajstić information content (AvgIpc) is 2.71. The van der Waals surface area contributed by atoms with E-state index in [-0.39, 0.29) is 5.91 Å². The Labute approximate surface area is 166 Å². The highest BCUT2D eigenvalue weighted by Gasteiger charge is 2.12. The fourth-order valence-electron chi connectivity index (χ4n) is 2.61. The maximum atomic E-state index is 12.2. The van der Waals surface area contributed by atoms with Gasteiger partial charge in [0, 0.05) is 12.0 Å². The second-order valence-electron chi connectivity index (χ2n) is 6.56. The Morgan fingerprint density at radius 1 is 1.00 bits per heavy atom. The van der Waals surface area contributed by atoms with E-state index in [1.165, 1.54) is 18.2 Å². The van der Waals surface area contributed by atoms with Gasteiger partial charge in [0.2, 0.25) is 5.91 Å². The zero-order chi connectivity index (χ0) is 20.4. The van der Waals surface area contributed by atoms with Gasteiger partial charge in [0.15, 0.2) is 11.5 Å². The van der Waals surface area contributed by atoms with Gasteiger partial charge in [-0.1, -0.05) is 36.8 Å². The van der Waals surface area contributed by atoms with E-state index in [0.29, 0.717) is 36.5 Å². The van der Waals surface area contributed by atoms with Crippen molar-refractivity contribution < 1.29 is 19.1 Å². The van der Waals surface area contributed by atoms with Crippen molar-refractivity contribution in [1.82, 2.24) is 10.9 Å². The molecule has 2 N–H and O–H groups in total. The number of rotatable bonds is 9. The summed E-state index contributed by atoms with van der Waals surface area (Å²) < 4.78 is 10.8. The summed E-state index contributed by atoms with van der Waals surface area (Å²) in [5.41, 5.74) is 7.67. The smallest absolute Gasteiger partial charge is 0.269 e.